The molecule has 1 fully saturated rings. The van der Waals surface area contributed by atoms with Crippen molar-refractivity contribution in [2.45, 2.75) is 42.9 Å². The molecular weight excluding hydrogens is 448 g/mol. The van der Waals surface area contributed by atoms with Crippen LogP contribution in [-0.2, 0) is 16.9 Å². The summed E-state index contributed by atoms with van der Waals surface area (Å²) >= 11 is 1.40. The maximum atomic E-state index is 13.1. The molecule has 1 aromatic heterocycles. The second-order valence-electron chi connectivity index (χ2n) is 8.56. The molecular formula is C26H28N4O3S. The molecule has 0 saturated heterocycles. The monoisotopic (exact) mass is 476 g/mol. The number of rotatable bonds is 8. The molecule has 0 atom stereocenters. The number of carbonyl (C=O) groups excluding carboxylic acids is 1. The molecule has 1 N–H and O–H groups in total. The van der Waals surface area contributed by atoms with E-state index in [9.17, 15) is 4.79 Å². The first-order valence-corrected chi connectivity index (χ1v) is 12.6. The average molecular weight is 477 g/mol. The molecule has 1 aliphatic carbocycles. The highest BCUT2D eigenvalue weighted by atomic mass is 32.2. The molecule has 1 aliphatic heterocycles. The Kier molecular flexibility index (Phi) is 6.58. The van der Waals surface area contributed by atoms with Gasteiger partial charge in [-0.15, -0.1) is 16.8 Å². The molecule has 1 saturated carbocycles. The maximum absolute atomic E-state index is 13.1. The van der Waals surface area contributed by atoms with E-state index in [4.69, 9.17) is 9.47 Å². The molecule has 0 unspecified atom stereocenters. The van der Waals surface area contributed by atoms with Crippen molar-refractivity contribution in [3.63, 3.8) is 0 Å². The topological polar surface area (TPSA) is 78.3 Å². The predicted molar refractivity (Wildman–Crippen MR) is 132 cm³/mol. The number of hydrogen-bond donors (Lipinski definition) is 1. The lowest BCUT2D eigenvalue weighted by atomic mass is 9.87. The highest BCUT2D eigenvalue weighted by molar-refractivity contribution is 7.99. The largest absolute Gasteiger partial charge is 0.486 e. The van der Waals surface area contributed by atoms with Gasteiger partial charge in [0.05, 0.1) is 11.3 Å². The van der Waals surface area contributed by atoms with Crippen LogP contribution in [0.5, 0.6) is 11.5 Å². The van der Waals surface area contributed by atoms with E-state index in [0.717, 1.165) is 54.1 Å². The number of allylic oxidation sites excluding steroid dienone is 1. The average Bonchev–Trinajstić information content (AvgIpc) is 3.51. The highest BCUT2D eigenvalue weighted by Crippen LogP contribution is 2.42. The van der Waals surface area contributed by atoms with Gasteiger partial charge in [-0.2, -0.15) is 0 Å². The Morgan fingerprint density at radius 2 is 1.85 bits per heavy atom. The summed E-state index contributed by atoms with van der Waals surface area (Å²) in [5.41, 5.74) is 1.68. The first-order chi connectivity index (χ1) is 16.7. The molecule has 5 rings (SSSR count). The molecule has 176 valence electrons. The van der Waals surface area contributed by atoms with E-state index >= 15 is 0 Å². The van der Waals surface area contributed by atoms with Crippen molar-refractivity contribution in [2.75, 3.05) is 19.0 Å². The van der Waals surface area contributed by atoms with E-state index in [1.807, 2.05) is 53.1 Å². The fraction of sp³-hybridized carbons (Fsp3) is 0.346. The second-order valence-corrected chi connectivity index (χ2v) is 9.50. The van der Waals surface area contributed by atoms with E-state index in [1.54, 1.807) is 0 Å². The molecule has 0 bridgehead atoms. The summed E-state index contributed by atoms with van der Waals surface area (Å²) in [5, 5.41) is 12.8. The van der Waals surface area contributed by atoms with Gasteiger partial charge in [-0.25, -0.2) is 0 Å². The SMILES string of the molecule is C=CCn1c(SCC(=O)NC2(c3ccc4c(c3)OCCO4)CCCC2)nnc1-c1ccccc1. The number of hydrogen-bond acceptors (Lipinski definition) is 6. The lowest BCUT2D eigenvalue weighted by Crippen LogP contribution is -2.44. The zero-order valence-corrected chi connectivity index (χ0v) is 19.9. The van der Waals surface area contributed by atoms with Crippen molar-refractivity contribution in [3.8, 4) is 22.9 Å². The third-order valence-electron chi connectivity index (χ3n) is 6.32. The van der Waals surface area contributed by atoms with Gasteiger partial charge >= 0.3 is 0 Å². The number of aromatic nitrogens is 3. The van der Waals surface area contributed by atoms with Gasteiger partial charge in [0.25, 0.3) is 0 Å². The third-order valence-corrected chi connectivity index (χ3v) is 7.29. The van der Waals surface area contributed by atoms with Crippen LogP contribution >= 0.6 is 11.8 Å². The standard InChI is InChI=1S/C26H28N4O3S/c1-2-14-30-24(19-8-4-3-5-9-19)28-29-25(30)34-18-23(31)27-26(12-6-7-13-26)20-10-11-21-22(17-20)33-16-15-32-21/h2-5,8-11,17H,1,6-7,12-16,18H2,(H,27,31). The Labute approximate surface area is 203 Å². The fourth-order valence-corrected chi connectivity index (χ4v) is 5.48. The summed E-state index contributed by atoms with van der Waals surface area (Å²) < 4.78 is 13.4. The summed E-state index contributed by atoms with van der Waals surface area (Å²) in [4.78, 5) is 13.1. The Hall–Kier alpha value is -3.26. The third kappa shape index (κ3) is 4.55. The van der Waals surface area contributed by atoms with E-state index in [2.05, 4.69) is 28.2 Å². The normalized spacial score (nSPS) is 16.2. The molecule has 2 aliphatic rings. The molecule has 8 heteroatoms. The van der Waals surface area contributed by atoms with Crippen LogP contribution in [-0.4, -0.2) is 39.6 Å². The van der Waals surface area contributed by atoms with Crippen LogP contribution < -0.4 is 14.8 Å². The number of fused-ring (bicyclic) bond motifs is 1. The van der Waals surface area contributed by atoms with Crippen molar-refractivity contribution in [1.29, 1.82) is 0 Å². The Bertz CT molecular complexity index is 1170. The number of amides is 1. The lowest BCUT2D eigenvalue weighted by Gasteiger charge is -2.32. The van der Waals surface area contributed by atoms with E-state index in [-0.39, 0.29) is 17.2 Å². The number of benzene rings is 2. The van der Waals surface area contributed by atoms with Crippen LogP contribution in [0.2, 0.25) is 0 Å². The highest BCUT2D eigenvalue weighted by Gasteiger charge is 2.38. The van der Waals surface area contributed by atoms with Crippen LogP contribution in [0.4, 0.5) is 0 Å². The predicted octanol–water partition coefficient (Wildman–Crippen LogP) is 4.58. The Morgan fingerprint density at radius 1 is 1.09 bits per heavy atom. The van der Waals surface area contributed by atoms with E-state index < -0.39 is 0 Å². The summed E-state index contributed by atoms with van der Waals surface area (Å²) in [5.74, 6) is 2.53. The van der Waals surface area contributed by atoms with Gasteiger partial charge < -0.3 is 14.8 Å². The number of nitrogens with zero attached hydrogens (tertiary/aromatic N) is 3. The van der Waals surface area contributed by atoms with Crippen molar-refractivity contribution in [3.05, 3.63) is 66.7 Å². The Morgan fingerprint density at radius 3 is 2.62 bits per heavy atom. The van der Waals surface area contributed by atoms with Crippen LogP contribution in [0.1, 0.15) is 31.2 Å². The van der Waals surface area contributed by atoms with Crippen LogP contribution in [0.3, 0.4) is 0 Å². The quantitative estimate of drug-likeness (QED) is 0.379. The zero-order chi connectivity index (χ0) is 23.4. The summed E-state index contributed by atoms with van der Waals surface area (Å²) in [7, 11) is 0. The summed E-state index contributed by atoms with van der Waals surface area (Å²) in [6, 6.07) is 16.0. The lowest BCUT2D eigenvalue weighted by molar-refractivity contribution is -0.120. The minimum absolute atomic E-state index is 0.0174. The molecule has 7 nitrogen and oxygen atoms in total. The van der Waals surface area contributed by atoms with Gasteiger partial charge in [0.2, 0.25) is 5.91 Å². The minimum atomic E-state index is -0.378. The van der Waals surface area contributed by atoms with Crippen LogP contribution in [0.15, 0.2) is 66.3 Å². The van der Waals surface area contributed by atoms with Crippen LogP contribution in [0, 0.1) is 0 Å². The summed E-state index contributed by atoms with van der Waals surface area (Å²) in [6.07, 6.45) is 5.79. The Balaban J connectivity index is 1.31. The molecule has 3 aromatic rings. The number of thioether (sulfide) groups is 1. The van der Waals surface area contributed by atoms with Gasteiger partial charge in [-0.05, 0) is 30.5 Å². The molecule has 34 heavy (non-hydrogen) atoms. The zero-order valence-electron chi connectivity index (χ0n) is 19.0. The number of nitrogens with one attached hydrogen (secondary N) is 1. The van der Waals surface area contributed by atoms with Gasteiger partial charge in [-0.1, -0.05) is 67.1 Å². The number of carbonyl (C=O) groups is 1. The maximum Gasteiger partial charge on any atom is 0.231 e. The molecule has 0 spiro atoms. The van der Waals surface area contributed by atoms with Gasteiger partial charge in [0.15, 0.2) is 22.5 Å². The van der Waals surface area contributed by atoms with Crippen molar-refractivity contribution in [2.24, 2.45) is 0 Å². The fourth-order valence-electron chi connectivity index (χ4n) is 4.73. The summed E-state index contributed by atoms with van der Waals surface area (Å²) in [6.45, 7) is 5.54. The van der Waals surface area contributed by atoms with Crippen molar-refractivity contribution < 1.29 is 14.3 Å². The number of ether oxygens (including phenoxy) is 2. The smallest absolute Gasteiger partial charge is 0.231 e. The van der Waals surface area contributed by atoms with Crippen molar-refractivity contribution in [1.82, 2.24) is 20.1 Å². The van der Waals surface area contributed by atoms with Gasteiger partial charge in [0, 0.05) is 12.1 Å². The van der Waals surface area contributed by atoms with Gasteiger partial charge in [-0.3, -0.25) is 9.36 Å². The van der Waals surface area contributed by atoms with Crippen LogP contribution in [0.25, 0.3) is 11.4 Å². The second kappa shape index (κ2) is 9.93. The molecule has 2 heterocycles. The first kappa shape index (κ1) is 22.5. The van der Waals surface area contributed by atoms with E-state index in [0.29, 0.717) is 24.9 Å². The van der Waals surface area contributed by atoms with Crippen molar-refractivity contribution >= 4 is 17.7 Å². The van der Waals surface area contributed by atoms with E-state index in [1.165, 1.54) is 11.8 Å². The molecule has 2 aromatic carbocycles. The minimum Gasteiger partial charge on any atom is -0.486 e. The molecule has 1 amide bonds. The first-order valence-electron chi connectivity index (χ1n) is 11.6. The molecule has 0 radical (unpaired) electrons. The van der Waals surface area contributed by atoms with Gasteiger partial charge in [0.1, 0.15) is 13.2 Å².